The van der Waals surface area contributed by atoms with Crippen molar-refractivity contribution in [2.24, 2.45) is 0 Å². The van der Waals surface area contributed by atoms with Crippen molar-refractivity contribution in [3.05, 3.63) is 29.8 Å². The van der Waals surface area contributed by atoms with Crippen LogP contribution >= 0.6 is 0 Å². The molecule has 5 heteroatoms. The minimum atomic E-state index is -0.0542. The summed E-state index contributed by atoms with van der Waals surface area (Å²) in [6.07, 6.45) is 0.362. The number of hydrogen-bond donors (Lipinski definition) is 2. The maximum absolute atomic E-state index is 12.1. The van der Waals surface area contributed by atoms with Crippen molar-refractivity contribution in [2.75, 3.05) is 25.4 Å². The zero-order chi connectivity index (χ0) is 12.3. The Hall–Kier alpha value is -2.04. The largest absolute Gasteiger partial charge is 0.399 e. The molecule has 0 aromatic heterocycles. The summed E-state index contributed by atoms with van der Waals surface area (Å²) in [5, 5.41) is 2.74. The quantitative estimate of drug-likeness (QED) is 0.682. The summed E-state index contributed by atoms with van der Waals surface area (Å²) >= 11 is 0. The predicted molar refractivity (Wildman–Crippen MR) is 64.4 cm³/mol. The van der Waals surface area contributed by atoms with Gasteiger partial charge in [-0.1, -0.05) is 0 Å². The van der Waals surface area contributed by atoms with E-state index in [9.17, 15) is 9.59 Å². The van der Waals surface area contributed by atoms with Crippen LogP contribution in [0.4, 0.5) is 5.69 Å². The van der Waals surface area contributed by atoms with Crippen LogP contribution in [0.3, 0.4) is 0 Å². The topological polar surface area (TPSA) is 75.4 Å². The highest BCUT2D eigenvalue weighted by molar-refractivity contribution is 5.95. The number of anilines is 1. The summed E-state index contributed by atoms with van der Waals surface area (Å²) < 4.78 is 0. The molecular formula is C12H15N3O2. The smallest absolute Gasteiger partial charge is 0.253 e. The molecule has 0 saturated carbocycles. The fraction of sp³-hybridized carbons (Fsp3) is 0.333. The van der Waals surface area contributed by atoms with Crippen molar-refractivity contribution in [2.45, 2.75) is 6.42 Å². The third-order valence-electron chi connectivity index (χ3n) is 2.76. The molecular weight excluding hydrogens is 218 g/mol. The van der Waals surface area contributed by atoms with E-state index >= 15 is 0 Å². The van der Waals surface area contributed by atoms with Gasteiger partial charge >= 0.3 is 0 Å². The summed E-state index contributed by atoms with van der Waals surface area (Å²) in [5.74, 6) is -0.0564. The van der Waals surface area contributed by atoms with Gasteiger partial charge in [-0.25, -0.2) is 0 Å². The first-order valence-electron chi connectivity index (χ1n) is 5.58. The van der Waals surface area contributed by atoms with E-state index in [1.807, 2.05) is 0 Å². The number of rotatable bonds is 1. The number of hydrogen-bond acceptors (Lipinski definition) is 3. The molecule has 3 N–H and O–H groups in total. The molecule has 17 heavy (non-hydrogen) atoms. The SMILES string of the molecule is Nc1ccc(C(=O)N2CCNC(=O)CC2)cc1. The number of carbonyl (C=O) groups is 2. The van der Waals surface area contributed by atoms with Gasteiger partial charge in [0.1, 0.15) is 0 Å². The van der Waals surface area contributed by atoms with Crippen LogP contribution in [-0.4, -0.2) is 36.3 Å². The zero-order valence-electron chi connectivity index (χ0n) is 9.48. The molecule has 1 saturated heterocycles. The van der Waals surface area contributed by atoms with Gasteiger partial charge in [0.05, 0.1) is 0 Å². The molecule has 2 amide bonds. The van der Waals surface area contributed by atoms with Crippen molar-refractivity contribution in [1.82, 2.24) is 10.2 Å². The van der Waals surface area contributed by atoms with E-state index in [-0.39, 0.29) is 11.8 Å². The van der Waals surface area contributed by atoms with Crippen LogP contribution in [0.5, 0.6) is 0 Å². The lowest BCUT2D eigenvalue weighted by Gasteiger charge is -2.19. The molecule has 0 spiro atoms. The molecule has 2 rings (SSSR count). The Morgan fingerprint density at radius 2 is 1.94 bits per heavy atom. The maximum Gasteiger partial charge on any atom is 0.253 e. The second-order valence-electron chi connectivity index (χ2n) is 4.01. The molecule has 90 valence electrons. The molecule has 1 aliphatic rings. The third-order valence-corrected chi connectivity index (χ3v) is 2.76. The van der Waals surface area contributed by atoms with E-state index in [1.54, 1.807) is 29.2 Å². The lowest BCUT2D eigenvalue weighted by molar-refractivity contribution is -0.120. The van der Waals surface area contributed by atoms with Gasteiger partial charge in [0, 0.05) is 37.3 Å². The molecule has 1 heterocycles. The number of nitrogens with two attached hydrogens (primary N) is 1. The molecule has 0 bridgehead atoms. The number of carbonyl (C=O) groups excluding carboxylic acids is 2. The van der Waals surface area contributed by atoms with Crippen molar-refractivity contribution in [3.8, 4) is 0 Å². The summed E-state index contributed by atoms with van der Waals surface area (Å²) in [6, 6.07) is 6.82. The molecule has 1 fully saturated rings. The van der Waals surface area contributed by atoms with Crippen molar-refractivity contribution >= 4 is 17.5 Å². The average molecular weight is 233 g/mol. The van der Waals surface area contributed by atoms with Crippen LogP contribution in [0.1, 0.15) is 16.8 Å². The molecule has 1 aromatic rings. The minimum Gasteiger partial charge on any atom is -0.399 e. The second-order valence-corrected chi connectivity index (χ2v) is 4.01. The monoisotopic (exact) mass is 233 g/mol. The first-order chi connectivity index (χ1) is 8.16. The van der Waals surface area contributed by atoms with Crippen LogP contribution in [0.25, 0.3) is 0 Å². The Kier molecular flexibility index (Phi) is 3.27. The third kappa shape index (κ3) is 2.75. The van der Waals surface area contributed by atoms with Crippen LogP contribution in [0.2, 0.25) is 0 Å². The van der Waals surface area contributed by atoms with Gasteiger partial charge in [-0.2, -0.15) is 0 Å². The fourth-order valence-corrected chi connectivity index (χ4v) is 1.78. The molecule has 0 unspecified atom stereocenters. The van der Waals surface area contributed by atoms with Crippen LogP contribution in [0, 0.1) is 0 Å². The van der Waals surface area contributed by atoms with Crippen LogP contribution < -0.4 is 11.1 Å². The highest BCUT2D eigenvalue weighted by Gasteiger charge is 2.19. The van der Waals surface area contributed by atoms with Crippen molar-refractivity contribution in [1.29, 1.82) is 0 Å². The summed E-state index contributed by atoms with van der Waals surface area (Å²) in [7, 11) is 0. The second kappa shape index (κ2) is 4.86. The van der Waals surface area contributed by atoms with Gasteiger partial charge in [0.25, 0.3) is 5.91 Å². The molecule has 1 aliphatic heterocycles. The van der Waals surface area contributed by atoms with Crippen molar-refractivity contribution in [3.63, 3.8) is 0 Å². The van der Waals surface area contributed by atoms with Gasteiger partial charge in [-0.05, 0) is 24.3 Å². The van der Waals surface area contributed by atoms with Gasteiger partial charge in [0.15, 0.2) is 0 Å². The Morgan fingerprint density at radius 3 is 2.65 bits per heavy atom. The zero-order valence-corrected chi connectivity index (χ0v) is 9.48. The number of benzene rings is 1. The first-order valence-corrected chi connectivity index (χ1v) is 5.58. The number of nitrogens with one attached hydrogen (secondary N) is 1. The molecule has 0 atom stereocenters. The Labute approximate surface area is 99.6 Å². The van der Waals surface area contributed by atoms with Crippen LogP contribution in [0.15, 0.2) is 24.3 Å². The van der Waals surface area contributed by atoms with E-state index in [2.05, 4.69) is 5.32 Å². The molecule has 1 aromatic carbocycles. The lowest BCUT2D eigenvalue weighted by Crippen LogP contribution is -2.34. The highest BCUT2D eigenvalue weighted by Crippen LogP contribution is 2.09. The minimum absolute atomic E-state index is 0.00222. The van der Waals surface area contributed by atoms with Gasteiger partial charge in [-0.15, -0.1) is 0 Å². The Balaban J connectivity index is 2.08. The Bertz CT molecular complexity index is 428. The fourth-order valence-electron chi connectivity index (χ4n) is 1.78. The van der Waals surface area contributed by atoms with Crippen molar-refractivity contribution < 1.29 is 9.59 Å². The predicted octanol–water partition coefficient (Wildman–Crippen LogP) is 0.231. The van der Waals surface area contributed by atoms with Crippen LogP contribution in [-0.2, 0) is 4.79 Å². The Morgan fingerprint density at radius 1 is 1.24 bits per heavy atom. The van der Waals surface area contributed by atoms with E-state index in [0.717, 1.165) is 0 Å². The number of amides is 2. The van der Waals surface area contributed by atoms with Gasteiger partial charge in [-0.3, -0.25) is 9.59 Å². The average Bonchev–Trinajstić information content (AvgIpc) is 2.54. The normalized spacial score (nSPS) is 16.2. The standard InChI is InChI=1S/C12H15N3O2/c13-10-3-1-9(2-4-10)12(17)15-7-5-11(16)14-6-8-15/h1-4H,5-8,13H2,(H,14,16). The molecule has 0 radical (unpaired) electrons. The van der Waals surface area contributed by atoms with E-state index in [0.29, 0.717) is 37.3 Å². The first kappa shape index (κ1) is 11.4. The summed E-state index contributed by atoms with van der Waals surface area (Å²) in [5.41, 5.74) is 6.81. The maximum atomic E-state index is 12.1. The van der Waals surface area contributed by atoms with E-state index in [4.69, 9.17) is 5.73 Å². The molecule has 0 aliphatic carbocycles. The van der Waals surface area contributed by atoms with E-state index in [1.165, 1.54) is 0 Å². The summed E-state index contributed by atoms with van der Waals surface area (Å²) in [4.78, 5) is 25.0. The van der Waals surface area contributed by atoms with E-state index < -0.39 is 0 Å². The van der Waals surface area contributed by atoms with Gasteiger partial charge < -0.3 is 16.0 Å². The summed E-state index contributed by atoms with van der Waals surface area (Å²) in [6.45, 7) is 1.53. The lowest BCUT2D eigenvalue weighted by atomic mass is 10.2. The number of nitrogen functional groups attached to an aromatic ring is 1. The van der Waals surface area contributed by atoms with Gasteiger partial charge in [0.2, 0.25) is 5.91 Å². The highest BCUT2D eigenvalue weighted by atomic mass is 16.2. The molecule has 5 nitrogen and oxygen atoms in total. The number of nitrogens with zero attached hydrogens (tertiary/aromatic N) is 1.